The number of nitrogens with zero attached hydrogens (tertiary/aromatic N) is 5. The summed E-state index contributed by atoms with van der Waals surface area (Å²) in [4.78, 5) is 41.1. The summed E-state index contributed by atoms with van der Waals surface area (Å²) < 4.78 is 49.2. The molecule has 18 heteroatoms. The van der Waals surface area contributed by atoms with Crippen LogP contribution in [0.1, 0.15) is 92.2 Å². The Morgan fingerprint density at radius 1 is 0.943 bits per heavy atom. The summed E-state index contributed by atoms with van der Waals surface area (Å²) >= 11 is 0. The van der Waals surface area contributed by atoms with Gasteiger partial charge in [0.05, 0.1) is 65.2 Å². The Morgan fingerprint density at radius 3 is 2.51 bits per heavy atom. The van der Waals surface area contributed by atoms with Crippen molar-refractivity contribution in [2.75, 3.05) is 67.7 Å². The van der Waals surface area contributed by atoms with Crippen molar-refractivity contribution in [1.82, 2.24) is 19.6 Å². The number of benzene rings is 3. The molecule has 1 amide bonds. The maximum Gasteiger partial charge on any atom is 0.293 e. The molecule has 3 atom stereocenters. The largest absolute Gasteiger partial charge is 0.470 e. The minimum Gasteiger partial charge on any atom is -0.470 e. The zero-order valence-electron chi connectivity index (χ0n) is 39.8. The van der Waals surface area contributed by atoms with E-state index in [2.05, 4.69) is 56.0 Å². The summed E-state index contributed by atoms with van der Waals surface area (Å²) in [5.74, 6) is -0.298. The van der Waals surface area contributed by atoms with E-state index in [-0.39, 0.29) is 40.8 Å². The minimum atomic E-state index is -4.62. The van der Waals surface area contributed by atoms with E-state index in [1.165, 1.54) is 23.3 Å². The molecule has 70 heavy (non-hydrogen) atoms. The van der Waals surface area contributed by atoms with E-state index < -0.39 is 37.0 Å². The number of ether oxygens (including phenoxy) is 3. The lowest BCUT2D eigenvalue weighted by Crippen LogP contribution is -2.58. The highest BCUT2D eigenvalue weighted by Crippen LogP contribution is 2.54. The van der Waals surface area contributed by atoms with Gasteiger partial charge >= 0.3 is 0 Å². The van der Waals surface area contributed by atoms with E-state index in [9.17, 15) is 28.4 Å². The van der Waals surface area contributed by atoms with Crippen LogP contribution in [0.2, 0.25) is 0 Å². The summed E-state index contributed by atoms with van der Waals surface area (Å²) in [6, 6.07) is 22.1. The van der Waals surface area contributed by atoms with Crippen molar-refractivity contribution in [1.29, 1.82) is 0 Å². The molecule has 0 radical (unpaired) electrons. The monoisotopic (exact) mass is 974 g/mol. The number of aromatic nitrogens is 2. The number of aliphatic hydroxyl groups is 1. The fourth-order valence-corrected chi connectivity index (χ4v) is 13.1. The van der Waals surface area contributed by atoms with E-state index in [1.54, 1.807) is 12.3 Å². The predicted molar refractivity (Wildman–Crippen MR) is 265 cm³/mol. The summed E-state index contributed by atoms with van der Waals surface area (Å²) in [7, 11) is -4.62. The predicted octanol–water partition coefficient (Wildman–Crippen LogP) is 7.76. The summed E-state index contributed by atoms with van der Waals surface area (Å²) in [6.07, 6.45) is 9.19. The van der Waals surface area contributed by atoms with Crippen LogP contribution in [0.15, 0.2) is 83.9 Å². The number of hydrogen-bond acceptors (Lipinski definition) is 14. The van der Waals surface area contributed by atoms with E-state index in [4.69, 9.17) is 19.2 Å². The second-order valence-electron chi connectivity index (χ2n) is 20.8. The molecule has 370 valence electrons. The molecular formula is C52H62N8O9S. The van der Waals surface area contributed by atoms with Crippen LogP contribution in [0.4, 0.5) is 28.4 Å². The molecule has 3 saturated heterocycles. The Bertz CT molecular complexity index is 2900. The highest BCUT2D eigenvalue weighted by atomic mass is 32.2. The highest BCUT2D eigenvalue weighted by Gasteiger charge is 2.50. The van der Waals surface area contributed by atoms with Crippen molar-refractivity contribution in [3.05, 3.63) is 106 Å². The topological polar surface area (TPSA) is 205 Å². The van der Waals surface area contributed by atoms with E-state index in [0.717, 1.165) is 81.9 Å². The van der Waals surface area contributed by atoms with E-state index >= 15 is 0 Å². The molecule has 5 aromatic rings. The van der Waals surface area contributed by atoms with E-state index in [0.29, 0.717) is 74.6 Å². The molecule has 11 rings (SSSR count). The molecule has 5 fully saturated rings. The van der Waals surface area contributed by atoms with Gasteiger partial charge in [0.25, 0.3) is 21.6 Å². The van der Waals surface area contributed by atoms with Crippen molar-refractivity contribution in [3.63, 3.8) is 0 Å². The third-order valence-corrected chi connectivity index (χ3v) is 17.6. The number of nitrogens with one attached hydrogen (secondary N) is 3. The molecule has 17 nitrogen and oxygen atoms in total. The van der Waals surface area contributed by atoms with Crippen molar-refractivity contribution >= 4 is 55.4 Å². The zero-order chi connectivity index (χ0) is 48.4. The highest BCUT2D eigenvalue weighted by molar-refractivity contribution is 7.90. The molecular weight excluding hydrogens is 913 g/mol. The molecule has 6 aliphatic rings. The second kappa shape index (κ2) is 18.4. The van der Waals surface area contributed by atoms with Crippen molar-refractivity contribution < 1.29 is 37.5 Å². The molecule has 0 unspecified atom stereocenters. The Morgan fingerprint density at radius 2 is 1.73 bits per heavy atom. The second-order valence-corrected chi connectivity index (χ2v) is 22.5. The average molecular weight is 975 g/mol. The van der Waals surface area contributed by atoms with Gasteiger partial charge in [0.1, 0.15) is 23.1 Å². The number of rotatable bonds is 11. The standard InChI is InChI=1S/C52H62N8O9S/c1-33-5-3-4-6-39(33)45-31-68-24-22-58(45)37-28-52(29-37)17-20-57(21-18-52)36-7-9-40(42(26-36)59-44-25-35-13-19-53-48(35)55-50(44)69-47-14-23-67-32-46(47)59)49(61)56-70(65,66)38-8-10-41(43(27-38)60(63)64)54-30-34-11-15-51(2,62)16-12-34/h3-10,13,19,25-27,34,37,45-47,54,62H,11-12,14-18,20-24,28-32H2,1-2H3,(H,53,55)(H,56,61)/t34-,45-,46+,47+,51-/m0/s1. The normalized spacial score (nSPS) is 25.9. The molecule has 2 aliphatic carbocycles. The quantitative estimate of drug-likeness (QED) is 0.0738. The number of carbonyl (C=O) groups is 1. The summed E-state index contributed by atoms with van der Waals surface area (Å²) in [5, 5.41) is 26.7. The van der Waals surface area contributed by atoms with Crippen LogP contribution >= 0.6 is 0 Å². The first-order valence-electron chi connectivity index (χ1n) is 24.8. The minimum absolute atomic E-state index is 0.0990. The number of hydrogen-bond donors (Lipinski definition) is 4. The van der Waals surface area contributed by atoms with Crippen molar-refractivity contribution in [3.8, 4) is 5.88 Å². The zero-order valence-corrected chi connectivity index (χ0v) is 40.6. The van der Waals surface area contributed by atoms with Gasteiger partial charge in [0.15, 0.2) is 0 Å². The van der Waals surface area contributed by atoms with Crippen LogP contribution in [0.25, 0.3) is 11.0 Å². The van der Waals surface area contributed by atoms with Crippen LogP contribution in [0.3, 0.4) is 0 Å². The molecule has 2 saturated carbocycles. The van der Waals surface area contributed by atoms with Gasteiger partial charge < -0.3 is 39.4 Å². The van der Waals surface area contributed by atoms with Gasteiger partial charge in [0, 0.05) is 62.0 Å². The first kappa shape index (κ1) is 46.6. The number of nitro benzene ring substituents is 1. The lowest BCUT2D eigenvalue weighted by molar-refractivity contribution is -0.384. The Hall–Kier alpha value is -5.79. The first-order chi connectivity index (χ1) is 33.7. The smallest absolute Gasteiger partial charge is 0.293 e. The average Bonchev–Trinajstić information content (AvgIpc) is 3.81. The fraction of sp³-hybridized carbons (Fsp3) is 0.500. The number of piperidine rings is 1. The lowest BCUT2D eigenvalue weighted by Gasteiger charge is -2.57. The van der Waals surface area contributed by atoms with Crippen LogP contribution in [-0.4, -0.2) is 116 Å². The Balaban J connectivity index is 0.868. The molecule has 4 N–H and O–H groups in total. The number of pyridine rings is 1. The van der Waals surface area contributed by atoms with Gasteiger partial charge in [-0.15, -0.1) is 0 Å². The molecule has 4 aliphatic heterocycles. The number of H-pyrrole nitrogens is 1. The van der Waals surface area contributed by atoms with Gasteiger partial charge in [-0.25, -0.2) is 13.1 Å². The van der Waals surface area contributed by atoms with Crippen LogP contribution in [0, 0.1) is 28.4 Å². The Kier molecular flexibility index (Phi) is 12.3. The number of amides is 1. The van der Waals surface area contributed by atoms with Crippen molar-refractivity contribution in [2.24, 2.45) is 11.3 Å². The van der Waals surface area contributed by atoms with Gasteiger partial charge in [-0.05, 0) is 130 Å². The number of nitro groups is 1. The molecule has 1 spiro atoms. The number of aryl methyl sites for hydroxylation is 1. The Labute approximate surface area is 408 Å². The number of anilines is 4. The number of fused-ring (bicyclic) bond motifs is 3. The van der Waals surface area contributed by atoms with Gasteiger partial charge in [0.2, 0.25) is 5.88 Å². The van der Waals surface area contributed by atoms with Gasteiger partial charge in [-0.3, -0.25) is 19.8 Å². The molecule has 6 heterocycles. The van der Waals surface area contributed by atoms with Crippen molar-refractivity contribution in [2.45, 2.75) is 106 Å². The number of aromatic amines is 1. The van der Waals surface area contributed by atoms with E-state index in [1.807, 2.05) is 36.1 Å². The third kappa shape index (κ3) is 8.97. The number of sulfonamides is 1. The number of carbonyl (C=O) groups excluding carboxylic acids is 1. The van der Waals surface area contributed by atoms with Crippen LogP contribution in [0.5, 0.6) is 5.88 Å². The molecule has 0 bridgehead atoms. The third-order valence-electron chi connectivity index (χ3n) is 16.3. The number of morpholine rings is 1. The first-order valence-corrected chi connectivity index (χ1v) is 26.3. The maximum atomic E-state index is 14.7. The SMILES string of the molecule is Cc1ccccc1[C@@H]1COCCN1C1CC2(CCN(c3ccc(C(=O)NS(=O)(=O)c4ccc(NC[C@H]5CC[C@](C)(O)CC5)c([N+](=O)[O-])c4)c(N4c5cc6cc[nH]c6nc5O[C@@H]5CCOC[C@H]54)c3)CC2)C1. The maximum absolute atomic E-state index is 14.7. The summed E-state index contributed by atoms with van der Waals surface area (Å²) in [5.41, 5.74) is 4.68. The van der Waals surface area contributed by atoms with Gasteiger partial charge in [-0.1, -0.05) is 24.3 Å². The molecule has 3 aromatic carbocycles. The summed E-state index contributed by atoms with van der Waals surface area (Å²) in [6.45, 7) is 9.24. The fourth-order valence-electron chi connectivity index (χ4n) is 12.1. The lowest BCUT2D eigenvalue weighted by atomic mass is 9.59. The van der Waals surface area contributed by atoms with Gasteiger partial charge in [-0.2, -0.15) is 4.98 Å². The molecule has 2 aromatic heterocycles. The van der Waals surface area contributed by atoms with Crippen LogP contribution in [-0.2, 0) is 19.5 Å². The van der Waals surface area contributed by atoms with Crippen LogP contribution < -0.4 is 24.6 Å².